The van der Waals surface area contributed by atoms with E-state index in [-0.39, 0.29) is 17.3 Å². The van der Waals surface area contributed by atoms with Crippen molar-refractivity contribution in [3.63, 3.8) is 0 Å². The molecular weight excluding hydrogens is 279 g/mol. The smallest absolute Gasteiger partial charge is 0.265 e. The van der Waals surface area contributed by atoms with Gasteiger partial charge in [0.1, 0.15) is 11.6 Å². The van der Waals surface area contributed by atoms with Crippen molar-refractivity contribution in [2.75, 3.05) is 0 Å². The van der Waals surface area contributed by atoms with Crippen LogP contribution in [-0.4, -0.2) is 9.55 Å². The highest BCUT2D eigenvalue weighted by Gasteiger charge is 2.15. The third-order valence-corrected chi connectivity index (χ3v) is 3.63. The summed E-state index contributed by atoms with van der Waals surface area (Å²) in [6.45, 7) is 5.87. The molecule has 0 aliphatic heterocycles. The first-order valence-electron chi connectivity index (χ1n) is 7.26. The van der Waals surface area contributed by atoms with Gasteiger partial charge >= 0.3 is 0 Å². The molecule has 1 heterocycles. The van der Waals surface area contributed by atoms with E-state index in [2.05, 4.69) is 4.98 Å². The number of halogens is 1. The normalized spacial score (nSPS) is 11.3. The summed E-state index contributed by atoms with van der Waals surface area (Å²) in [5.41, 5.74) is 2.01. The van der Waals surface area contributed by atoms with Crippen LogP contribution in [0.5, 0.6) is 0 Å². The Balaban J connectivity index is 2.43. The van der Waals surface area contributed by atoms with Crippen LogP contribution in [0.1, 0.15) is 31.2 Å². The highest BCUT2D eigenvalue weighted by atomic mass is 19.1. The van der Waals surface area contributed by atoms with Crippen LogP contribution in [-0.2, 0) is 0 Å². The lowest BCUT2D eigenvalue weighted by molar-refractivity contribution is 0.624. The van der Waals surface area contributed by atoms with Crippen LogP contribution >= 0.6 is 0 Å². The average molecular weight is 296 g/mol. The van der Waals surface area contributed by atoms with Gasteiger partial charge in [0.25, 0.3) is 5.56 Å². The van der Waals surface area contributed by atoms with Crippen LogP contribution in [0.3, 0.4) is 0 Å². The molecule has 0 bridgehead atoms. The highest BCUT2D eigenvalue weighted by molar-refractivity contribution is 5.78. The second-order valence-corrected chi connectivity index (χ2v) is 5.77. The van der Waals surface area contributed by atoms with Crippen molar-refractivity contribution >= 4 is 10.9 Å². The first-order chi connectivity index (χ1) is 10.5. The number of rotatable bonds is 2. The molecule has 0 saturated heterocycles. The highest BCUT2D eigenvalue weighted by Crippen LogP contribution is 2.20. The minimum absolute atomic E-state index is 0.0432. The van der Waals surface area contributed by atoms with E-state index >= 15 is 0 Å². The molecule has 0 N–H and O–H groups in total. The van der Waals surface area contributed by atoms with Crippen LogP contribution in [0.4, 0.5) is 4.39 Å². The van der Waals surface area contributed by atoms with Crippen molar-refractivity contribution in [3.8, 4) is 5.69 Å². The second-order valence-electron chi connectivity index (χ2n) is 5.77. The summed E-state index contributed by atoms with van der Waals surface area (Å²) < 4.78 is 15.1. The first-order valence-corrected chi connectivity index (χ1v) is 7.26. The molecule has 112 valence electrons. The van der Waals surface area contributed by atoms with E-state index in [1.54, 1.807) is 12.1 Å². The SMILES string of the molecule is Cc1ccc2nc(C(C)C)n(-c3cccc(F)c3)c(=O)c2c1. The van der Waals surface area contributed by atoms with E-state index in [0.717, 1.165) is 5.56 Å². The Hall–Kier alpha value is -2.49. The van der Waals surface area contributed by atoms with Gasteiger partial charge < -0.3 is 0 Å². The van der Waals surface area contributed by atoms with Gasteiger partial charge in [0, 0.05) is 5.92 Å². The van der Waals surface area contributed by atoms with Crippen molar-refractivity contribution in [1.29, 1.82) is 0 Å². The molecule has 0 aliphatic carbocycles. The van der Waals surface area contributed by atoms with Gasteiger partial charge in [-0.05, 0) is 37.3 Å². The molecule has 0 spiro atoms. The van der Waals surface area contributed by atoms with E-state index in [4.69, 9.17) is 0 Å². The standard InChI is InChI=1S/C18H17FN2O/c1-11(2)17-20-16-8-7-12(3)9-15(16)18(22)21(17)14-6-4-5-13(19)10-14/h4-11H,1-3H3. The zero-order chi connectivity index (χ0) is 15.9. The minimum atomic E-state index is -0.372. The van der Waals surface area contributed by atoms with E-state index in [1.807, 2.05) is 39.0 Å². The maximum Gasteiger partial charge on any atom is 0.265 e. The van der Waals surface area contributed by atoms with Crippen molar-refractivity contribution < 1.29 is 4.39 Å². The van der Waals surface area contributed by atoms with Gasteiger partial charge in [0.05, 0.1) is 16.6 Å². The summed E-state index contributed by atoms with van der Waals surface area (Å²) >= 11 is 0. The van der Waals surface area contributed by atoms with Gasteiger partial charge in [0.2, 0.25) is 0 Å². The van der Waals surface area contributed by atoms with Crippen LogP contribution in [0, 0.1) is 12.7 Å². The second kappa shape index (κ2) is 5.37. The van der Waals surface area contributed by atoms with Gasteiger partial charge in [-0.1, -0.05) is 31.5 Å². The fourth-order valence-electron chi connectivity index (χ4n) is 2.57. The van der Waals surface area contributed by atoms with Crippen molar-refractivity contribution in [3.05, 3.63) is 70.0 Å². The number of aromatic nitrogens is 2. The van der Waals surface area contributed by atoms with Gasteiger partial charge in [-0.3, -0.25) is 9.36 Å². The van der Waals surface area contributed by atoms with Gasteiger partial charge in [-0.15, -0.1) is 0 Å². The Labute approximate surface area is 128 Å². The predicted octanol–water partition coefficient (Wildman–Crippen LogP) is 3.96. The Morgan fingerprint density at radius 2 is 1.91 bits per heavy atom. The van der Waals surface area contributed by atoms with Crippen LogP contribution < -0.4 is 5.56 Å². The molecule has 3 rings (SSSR count). The molecule has 0 unspecified atom stereocenters. The first kappa shape index (κ1) is 14.4. The average Bonchev–Trinajstić information content (AvgIpc) is 2.47. The Kier molecular flexibility index (Phi) is 3.53. The summed E-state index contributed by atoms with van der Waals surface area (Å²) in [6, 6.07) is 11.7. The predicted molar refractivity (Wildman–Crippen MR) is 86.1 cm³/mol. The lowest BCUT2D eigenvalue weighted by Crippen LogP contribution is -2.24. The van der Waals surface area contributed by atoms with Gasteiger partial charge in [0.15, 0.2) is 0 Å². The third kappa shape index (κ3) is 2.41. The molecule has 0 aliphatic rings. The number of hydrogen-bond donors (Lipinski definition) is 0. The molecule has 3 nitrogen and oxygen atoms in total. The molecule has 2 aromatic carbocycles. The van der Waals surface area contributed by atoms with E-state index in [9.17, 15) is 9.18 Å². The molecule has 0 amide bonds. The topological polar surface area (TPSA) is 34.9 Å². The molecular formula is C18H17FN2O. The minimum Gasteiger partial charge on any atom is -0.268 e. The molecule has 0 fully saturated rings. The zero-order valence-electron chi connectivity index (χ0n) is 12.8. The number of hydrogen-bond acceptors (Lipinski definition) is 2. The van der Waals surface area contributed by atoms with Crippen LogP contribution in [0.2, 0.25) is 0 Å². The molecule has 0 atom stereocenters. The van der Waals surface area contributed by atoms with Crippen molar-refractivity contribution in [1.82, 2.24) is 9.55 Å². The van der Waals surface area contributed by atoms with E-state index in [0.29, 0.717) is 22.4 Å². The molecule has 22 heavy (non-hydrogen) atoms. The molecule has 4 heteroatoms. The fourth-order valence-corrected chi connectivity index (χ4v) is 2.57. The quantitative estimate of drug-likeness (QED) is 0.717. The number of nitrogens with zero attached hydrogens (tertiary/aromatic N) is 2. The largest absolute Gasteiger partial charge is 0.268 e. The summed E-state index contributed by atoms with van der Waals surface area (Å²) in [6.07, 6.45) is 0. The molecule has 3 aromatic rings. The maximum absolute atomic E-state index is 13.6. The Bertz CT molecular complexity index is 913. The summed E-state index contributed by atoms with van der Waals surface area (Å²) in [5, 5.41) is 0.550. The zero-order valence-corrected chi connectivity index (χ0v) is 12.8. The fraction of sp³-hybridized carbons (Fsp3) is 0.222. The number of benzene rings is 2. The monoisotopic (exact) mass is 296 g/mol. The Morgan fingerprint density at radius 1 is 1.14 bits per heavy atom. The van der Waals surface area contributed by atoms with Gasteiger partial charge in [-0.25, -0.2) is 9.37 Å². The summed E-state index contributed by atoms with van der Waals surface area (Å²) in [4.78, 5) is 17.5. The van der Waals surface area contributed by atoms with Crippen LogP contribution in [0.25, 0.3) is 16.6 Å². The lowest BCUT2D eigenvalue weighted by Gasteiger charge is -2.16. The van der Waals surface area contributed by atoms with Crippen molar-refractivity contribution in [2.45, 2.75) is 26.7 Å². The van der Waals surface area contributed by atoms with E-state index < -0.39 is 0 Å². The summed E-state index contributed by atoms with van der Waals surface area (Å²) in [7, 11) is 0. The summed E-state index contributed by atoms with van der Waals surface area (Å²) in [5.74, 6) is 0.303. The van der Waals surface area contributed by atoms with Crippen LogP contribution in [0.15, 0.2) is 47.3 Å². The van der Waals surface area contributed by atoms with Gasteiger partial charge in [-0.2, -0.15) is 0 Å². The third-order valence-electron chi connectivity index (χ3n) is 3.63. The number of aryl methyl sites for hydroxylation is 1. The van der Waals surface area contributed by atoms with E-state index in [1.165, 1.54) is 16.7 Å². The number of fused-ring (bicyclic) bond motifs is 1. The molecule has 0 saturated carbocycles. The van der Waals surface area contributed by atoms with Crippen molar-refractivity contribution in [2.24, 2.45) is 0 Å². The molecule has 0 radical (unpaired) electrons. The Morgan fingerprint density at radius 3 is 2.59 bits per heavy atom. The lowest BCUT2D eigenvalue weighted by atomic mass is 10.1. The maximum atomic E-state index is 13.6. The molecule has 1 aromatic heterocycles.